The van der Waals surface area contributed by atoms with Crippen molar-refractivity contribution < 1.29 is 19.1 Å². The van der Waals surface area contributed by atoms with Gasteiger partial charge >= 0.3 is 5.97 Å². The molecular formula is C19H23N3O4S. The normalized spacial score (nSPS) is 10.3. The number of hydrogen-bond acceptors (Lipinski definition) is 7. The van der Waals surface area contributed by atoms with Gasteiger partial charge in [-0.15, -0.1) is 11.8 Å². The Hall–Kier alpha value is -2.50. The van der Waals surface area contributed by atoms with Crippen LogP contribution in [0.3, 0.4) is 0 Å². The first kappa shape index (κ1) is 20.8. The molecule has 7 nitrogen and oxygen atoms in total. The molecule has 2 aromatic heterocycles. The summed E-state index contributed by atoms with van der Waals surface area (Å²) in [5.41, 5.74) is 1.69. The third-order valence-corrected chi connectivity index (χ3v) is 4.33. The Balaban J connectivity index is 1.78. The number of aryl methyl sites for hydroxylation is 1. The third-order valence-electron chi connectivity index (χ3n) is 3.53. The number of ether oxygens (including phenoxy) is 1. The Kier molecular flexibility index (Phi) is 8.17. The number of nitrogens with zero attached hydrogens (tertiary/aromatic N) is 3. The number of pyridine rings is 1. The quantitative estimate of drug-likeness (QED) is 0.517. The molecule has 144 valence electrons. The number of carboxylic acid groups (broad SMARTS) is 1. The maximum Gasteiger partial charge on any atom is 0.313 e. The molecule has 0 atom stereocenters. The zero-order valence-corrected chi connectivity index (χ0v) is 16.5. The Morgan fingerprint density at radius 2 is 2.19 bits per heavy atom. The molecule has 0 spiro atoms. The van der Waals surface area contributed by atoms with Crippen LogP contribution in [0.1, 0.15) is 11.5 Å². The lowest BCUT2D eigenvalue weighted by molar-refractivity contribution is -0.133. The summed E-state index contributed by atoms with van der Waals surface area (Å²) in [7, 11) is 3.88. The van der Waals surface area contributed by atoms with Gasteiger partial charge in [0.05, 0.1) is 29.4 Å². The van der Waals surface area contributed by atoms with Crippen molar-refractivity contribution >= 4 is 23.5 Å². The van der Waals surface area contributed by atoms with E-state index in [9.17, 15) is 4.79 Å². The summed E-state index contributed by atoms with van der Waals surface area (Å²) < 4.78 is 11.2. The second kappa shape index (κ2) is 10.6. The van der Waals surface area contributed by atoms with E-state index in [0.717, 1.165) is 22.8 Å². The number of anilines is 1. The van der Waals surface area contributed by atoms with E-state index in [1.807, 2.05) is 38.1 Å². The average Bonchev–Trinajstić information content (AvgIpc) is 3.01. The van der Waals surface area contributed by atoms with Gasteiger partial charge in [-0.05, 0) is 19.1 Å². The number of carboxylic acids is 1. The molecule has 2 aromatic rings. The van der Waals surface area contributed by atoms with Crippen LogP contribution in [0, 0.1) is 18.8 Å². The Morgan fingerprint density at radius 1 is 1.37 bits per heavy atom. The fourth-order valence-corrected chi connectivity index (χ4v) is 2.62. The van der Waals surface area contributed by atoms with Gasteiger partial charge in [-0.1, -0.05) is 11.8 Å². The van der Waals surface area contributed by atoms with Crippen LogP contribution in [0.15, 0.2) is 22.7 Å². The predicted octanol–water partition coefficient (Wildman–Crippen LogP) is 2.49. The van der Waals surface area contributed by atoms with Gasteiger partial charge in [-0.25, -0.2) is 9.97 Å². The molecule has 0 saturated heterocycles. The number of hydrogen-bond donors (Lipinski definition) is 1. The van der Waals surface area contributed by atoms with Crippen molar-refractivity contribution in [3.8, 4) is 23.3 Å². The van der Waals surface area contributed by atoms with E-state index in [1.54, 1.807) is 6.20 Å². The molecular weight excluding hydrogens is 366 g/mol. The third kappa shape index (κ3) is 6.96. The Labute approximate surface area is 163 Å². The number of rotatable bonds is 9. The maximum absolute atomic E-state index is 10.4. The van der Waals surface area contributed by atoms with Gasteiger partial charge in [-0.2, -0.15) is 0 Å². The molecule has 0 aliphatic carbocycles. The monoisotopic (exact) mass is 389 g/mol. The van der Waals surface area contributed by atoms with Crippen molar-refractivity contribution in [1.82, 2.24) is 9.97 Å². The SMILES string of the molecule is Cc1oc(-c2ccc(N(C)C)nc2)nc1CCOCC#CCSCC(=O)O. The minimum absolute atomic E-state index is 0.0662. The highest BCUT2D eigenvalue weighted by atomic mass is 32.2. The molecule has 0 fully saturated rings. The number of thioether (sulfide) groups is 1. The van der Waals surface area contributed by atoms with E-state index in [4.69, 9.17) is 14.3 Å². The fourth-order valence-electron chi connectivity index (χ4n) is 2.14. The summed E-state index contributed by atoms with van der Waals surface area (Å²) in [6.45, 7) is 2.68. The second-order valence-corrected chi connectivity index (χ2v) is 6.85. The molecule has 2 heterocycles. The van der Waals surface area contributed by atoms with Gasteiger partial charge in [0.1, 0.15) is 18.2 Å². The van der Waals surface area contributed by atoms with Gasteiger partial charge in [-0.3, -0.25) is 4.79 Å². The highest BCUT2D eigenvalue weighted by Crippen LogP contribution is 2.22. The standard InChI is InChI=1S/C19H23N3O4S/c1-14-16(8-10-25-9-4-5-11-27-13-18(23)24)21-19(26-14)15-6-7-17(20-12-15)22(2)3/h6-7,12H,8-11,13H2,1-3H3,(H,23,24). The molecule has 0 radical (unpaired) electrons. The van der Waals surface area contributed by atoms with E-state index in [2.05, 4.69) is 21.8 Å². The van der Waals surface area contributed by atoms with Crippen LogP contribution in [0.5, 0.6) is 0 Å². The van der Waals surface area contributed by atoms with E-state index in [0.29, 0.717) is 31.3 Å². The smallest absolute Gasteiger partial charge is 0.313 e. The first-order valence-electron chi connectivity index (χ1n) is 8.40. The minimum Gasteiger partial charge on any atom is -0.481 e. The summed E-state index contributed by atoms with van der Waals surface area (Å²) >= 11 is 1.27. The van der Waals surface area contributed by atoms with E-state index in [-0.39, 0.29) is 5.75 Å². The largest absolute Gasteiger partial charge is 0.481 e. The van der Waals surface area contributed by atoms with E-state index >= 15 is 0 Å². The number of carbonyl (C=O) groups is 1. The first-order chi connectivity index (χ1) is 13.0. The first-order valence-corrected chi connectivity index (χ1v) is 9.56. The summed E-state index contributed by atoms with van der Waals surface area (Å²) in [5, 5.41) is 8.51. The molecule has 1 N–H and O–H groups in total. The molecule has 8 heteroatoms. The molecule has 27 heavy (non-hydrogen) atoms. The Bertz CT molecular complexity index is 807. The molecule has 0 saturated carbocycles. The van der Waals surface area contributed by atoms with Crippen LogP contribution >= 0.6 is 11.8 Å². The van der Waals surface area contributed by atoms with Gasteiger partial charge in [0, 0.05) is 26.7 Å². The lowest BCUT2D eigenvalue weighted by atomic mass is 10.2. The predicted molar refractivity (Wildman–Crippen MR) is 106 cm³/mol. The lowest BCUT2D eigenvalue weighted by Gasteiger charge is -2.10. The van der Waals surface area contributed by atoms with E-state index in [1.165, 1.54) is 11.8 Å². The van der Waals surface area contributed by atoms with Crippen LogP contribution in [-0.2, 0) is 16.0 Å². The molecule has 2 rings (SSSR count). The second-order valence-electron chi connectivity index (χ2n) is 5.86. The number of oxazole rings is 1. The molecule has 0 aliphatic heterocycles. The molecule has 0 bridgehead atoms. The van der Waals surface area contributed by atoms with Gasteiger partial charge < -0.3 is 19.2 Å². The van der Waals surface area contributed by atoms with Crippen molar-refractivity contribution in [2.75, 3.05) is 43.7 Å². The van der Waals surface area contributed by atoms with Gasteiger partial charge in [0.2, 0.25) is 5.89 Å². The zero-order chi connectivity index (χ0) is 19.6. The average molecular weight is 389 g/mol. The molecule has 0 amide bonds. The van der Waals surface area contributed by atoms with Crippen LogP contribution in [0.4, 0.5) is 5.82 Å². The highest BCUT2D eigenvalue weighted by molar-refractivity contribution is 8.00. The molecule has 0 aliphatic rings. The van der Waals surface area contributed by atoms with Crippen molar-refractivity contribution in [2.45, 2.75) is 13.3 Å². The summed E-state index contributed by atoms with van der Waals surface area (Å²) in [4.78, 5) is 21.2. The highest BCUT2D eigenvalue weighted by Gasteiger charge is 2.12. The van der Waals surface area contributed by atoms with Crippen LogP contribution in [0.25, 0.3) is 11.5 Å². The maximum atomic E-state index is 10.4. The number of aliphatic carboxylic acids is 1. The fraction of sp³-hybridized carbons (Fsp3) is 0.421. The zero-order valence-electron chi connectivity index (χ0n) is 15.7. The molecule has 0 unspecified atom stereocenters. The van der Waals surface area contributed by atoms with Crippen molar-refractivity contribution in [3.63, 3.8) is 0 Å². The summed E-state index contributed by atoms with van der Waals surface area (Å²) in [5.74, 6) is 7.65. The van der Waals surface area contributed by atoms with Gasteiger partial charge in [0.15, 0.2) is 0 Å². The topological polar surface area (TPSA) is 88.7 Å². The number of aromatic nitrogens is 2. The Morgan fingerprint density at radius 3 is 2.85 bits per heavy atom. The van der Waals surface area contributed by atoms with Crippen molar-refractivity contribution in [2.24, 2.45) is 0 Å². The minimum atomic E-state index is -0.829. The van der Waals surface area contributed by atoms with Crippen LogP contribution in [-0.4, -0.2) is 59.9 Å². The van der Waals surface area contributed by atoms with Crippen molar-refractivity contribution in [3.05, 3.63) is 29.8 Å². The van der Waals surface area contributed by atoms with Crippen molar-refractivity contribution in [1.29, 1.82) is 0 Å². The van der Waals surface area contributed by atoms with E-state index < -0.39 is 5.97 Å². The molecule has 0 aromatic carbocycles. The summed E-state index contributed by atoms with van der Waals surface area (Å²) in [6, 6.07) is 3.86. The van der Waals surface area contributed by atoms with Crippen LogP contribution in [0.2, 0.25) is 0 Å². The van der Waals surface area contributed by atoms with Gasteiger partial charge in [0.25, 0.3) is 0 Å². The summed E-state index contributed by atoms with van der Waals surface area (Å²) in [6.07, 6.45) is 2.38. The van der Waals surface area contributed by atoms with Crippen LogP contribution < -0.4 is 4.90 Å². The lowest BCUT2D eigenvalue weighted by Crippen LogP contribution is -2.09.